The van der Waals surface area contributed by atoms with Crippen molar-refractivity contribution < 1.29 is 9.63 Å². The highest BCUT2D eigenvalue weighted by Gasteiger charge is 2.25. The number of aryl methyl sites for hydroxylation is 2. The number of likely N-dealkylation sites (tertiary alicyclic amines) is 1. The summed E-state index contributed by atoms with van der Waals surface area (Å²) in [5, 5.41) is 17.0. The number of hydrogen-bond donors (Lipinski definition) is 1. The lowest BCUT2D eigenvalue weighted by atomic mass is 9.93. The van der Waals surface area contributed by atoms with Gasteiger partial charge >= 0.3 is 0 Å². The fraction of sp³-hybridized carbons (Fsp3) is 0.450. The zero-order valence-corrected chi connectivity index (χ0v) is 16.5. The predicted octanol–water partition coefficient (Wildman–Crippen LogP) is 3.68. The van der Waals surface area contributed by atoms with Gasteiger partial charge in [-0.15, -0.1) is 11.3 Å². The summed E-state index contributed by atoms with van der Waals surface area (Å²) in [6, 6.07) is 4.05. The molecule has 1 aliphatic rings. The van der Waals surface area contributed by atoms with Crippen LogP contribution in [0.1, 0.15) is 46.5 Å². The second-order valence-corrected chi connectivity index (χ2v) is 8.08. The summed E-state index contributed by atoms with van der Waals surface area (Å²) in [4.78, 5) is 11.8. The molecule has 1 aliphatic heterocycles. The van der Waals surface area contributed by atoms with Crippen LogP contribution < -0.4 is 0 Å². The molecule has 6 nitrogen and oxygen atoms in total. The average Bonchev–Trinajstić information content (AvgIpc) is 3.31. The van der Waals surface area contributed by atoms with E-state index < -0.39 is 0 Å². The molecule has 1 atom stereocenters. The third kappa shape index (κ3) is 3.81. The van der Waals surface area contributed by atoms with Crippen LogP contribution in [0.15, 0.2) is 28.2 Å². The average molecular weight is 385 g/mol. The molecule has 0 bridgehead atoms. The fourth-order valence-electron chi connectivity index (χ4n) is 3.86. The van der Waals surface area contributed by atoms with Crippen LogP contribution in [-0.2, 0) is 13.2 Å². The Hall–Kier alpha value is -2.09. The summed E-state index contributed by atoms with van der Waals surface area (Å²) in [5.74, 6) is 1.12. The van der Waals surface area contributed by atoms with Gasteiger partial charge in [-0.25, -0.2) is 4.98 Å². The van der Waals surface area contributed by atoms with E-state index in [1.807, 2.05) is 31.5 Å². The van der Waals surface area contributed by atoms with Crippen LogP contribution in [-0.4, -0.2) is 38.2 Å². The van der Waals surface area contributed by atoms with E-state index in [1.165, 1.54) is 0 Å². The summed E-state index contributed by atoms with van der Waals surface area (Å²) >= 11 is 1.71. The van der Waals surface area contributed by atoms with Crippen molar-refractivity contribution in [2.75, 3.05) is 13.1 Å². The first kappa shape index (κ1) is 18.3. The van der Waals surface area contributed by atoms with Crippen LogP contribution in [0.25, 0.3) is 11.3 Å². The Morgan fingerprint density at radius 3 is 2.93 bits per heavy atom. The highest BCUT2D eigenvalue weighted by atomic mass is 32.1. The quantitative estimate of drug-likeness (QED) is 0.723. The maximum Gasteiger partial charge on any atom is 0.143 e. The summed E-state index contributed by atoms with van der Waals surface area (Å²) < 4.78 is 5.32. The van der Waals surface area contributed by atoms with E-state index >= 15 is 0 Å². The number of aromatic nitrogens is 3. The van der Waals surface area contributed by atoms with Gasteiger partial charge in [0.05, 0.1) is 30.1 Å². The SMILES string of the molecule is Cc1noc(C)c1-c1nc(C2CCCN(Cc3nccs3)C2)ccc1CO. The van der Waals surface area contributed by atoms with Crippen molar-refractivity contribution in [3.05, 3.63) is 51.4 Å². The Kier molecular flexibility index (Phi) is 5.33. The molecule has 0 saturated carbocycles. The van der Waals surface area contributed by atoms with E-state index in [2.05, 4.69) is 21.1 Å². The number of nitrogens with zero attached hydrogens (tertiary/aromatic N) is 4. The van der Waals surface area contributed by atoms with E-state index in [0.29, 0.717) is 5.92 Å². The van der Waals surface area contributed by atoms with E-state index in [-0.39, 0.29) is 6.61 Å². The summed E-state index contributed by atoms with van der Waals surface area (Å²) in [7, 11) is 0. The van der Waals surface area contributed by atoms with Gasteiger partial charge in [0, 0.05) is 35.3 Å². The Balaban J connectivity index is 1.61. The largest absolute Gasteiger partial charge is 0.392 e. The van der Waals surface area contributed by atoms with E-state index in [4.69, 9.17) is 9.51 Å². The number of aliphatic hydroxyl groups is 1. The lowest BCUT2D eigenvalue weighted by molar-refractivity contribution is 0.198. The Labute approximate surface area is 162 Å². The molecule has 1 saturated heterocycles. The zero-order valence-electron chi connectivity index (χ0n) is 15.7. The van der Waals surface area contributed by atoms with Crippen LogP contribution in [0.3, 0.4) is 0 Å². The minimum atomic E-state index is -0.0481. The molecule has 1 N–H and O–H groups in total. The minimum Gasteiger partial charge on any atom is -0.392 e. The number of aliphatic hydroxyl groups excluding tert-OH is 1. The second-order valence-electron chi connectivity index (χ2n) is 7.10. The molecule has 0 aromatic carbocycles. The molecule has 1 fully saturated rings. The fourth-order valence-corrected chi connectivity index (χ4v) is 4.52. The lowest BCUT2D eigenvalue weighted by Gasteiger charge is -2.32. The number of piperidine rings is 1. The molecule has 3 aromatic heterocycles. The maximum absolute atomic E-state index is 9.78. The molecule has 7 heteroatoms. The number of hydrogen-bond acceptors (Lipinski definition) is 7. The molecule has 4 heterocycles. The minimum absolute atomic E-state index is 0.0481. The normalized spacial score (nSPS) is 18.1. The van der Waals surface area contributed by atoms with Gasteiger partial charge in [-0.3, -0.25) is 9.88 Å². The Morgan fingerprint density at radius 2 is 2.22 bits per heavy atom. The van der Waals surface area contributed by atoms with Gasteiger partial charge in [0.25, 0.3) is 0 Å². The number of pyridine rings is 1. The molecular formula is C20H24N4O2S. The van der Waals surface area contributed by atoms with Crippen molar-refractivity contribution >= 4 is 11.3 Å². The van der Waals surface area contributed by atoms with Gasteiger partial charge in [-0.05, 0) is 39.3 Å². The first-order valence-corrected chi connectivity index (χ1v) is 10.2. The topological polar surface area (TPSA) is 75.3 Å². The van der Waals surface area contributed by atoms with Crippen molar-refractivity contribution in [1.29, 1.82) is 0 Å². The van der Waals surface area contributed by atoms with Crippen molar-refractivity contribution in [3.8, 4) is 11.3 Å². The van der Waals surface area contributed by atoms with Gasteiger partial charge in [-0.2, -0.15) is 0 Å². The van der Waals surface area contributed by atoms with Crippen LogP contribution >= 0.6 is 11.3 Å². The molecule has 142 valence electrons. The molecular weight excluding hydrogens is 360 g/mol. The van der Waals surface area contributed by atoms with Gasteiger partial charge in [-0.1, -0.05) is 11.2 Å². The van der Waals surface area contributed by atoms with Crippen molar-refractivity contribution in [3.63, 3.8) is 0 Å². The molecule has 27 heavy (non-hydrogen) atoms. The molecule has 0 radical (unpaired) electrons. The standard InChI is InChI=1S/C20H24N4O2S/c1-13-19(14(2)26-23-13)20-16(12-25)5-6-17(22-20)15-4-3-8-24(10-15)11-18-21-7-9-27-18/h5-7,9,15,25H,3-4,8,10-12H2,1-2H3. The predicted molar refractivity (Wildman–Crippen MR) is 104 cm³/mol. The van der Waals surface area contributed by atoms with Crippen LogP contribution in [0, 0.1) is 13.8 Å². The van der Waals surface area contributed by atoms with Crippen LogP contribution in [0.4, 0.5) is 0 Å². The van der Waals surface area contributed by atoms with Crippen molar-refractivity contribution in [1.82, 2.24) is 20.0 Å². The first-order valence-electron chi connectivity index (χ1n) is 9.30. The molecule has 0 aliphatic carbocycles. The van der Waals surface area contributed by atoms with Gasteiger partial charge < -0.3 is 9.63 Å². The van der Waals surface area contributed by atoms with Gasteiger partial charge in [0.1, 0.15) is 10.8 Å². The highest BCUT2D eigenvalue weighted by molar-refractivity contribution is 7.09. The molecule has 0 spiro atoms. The smallest absolute Gasteiger partial charge is 0.143 e. The molecule has 1 unspecified atom stereocenters. The second kappa shape index (κ2) is 7.88. The van der Waals surface area contributed by atoms with Crippen LogP contribution in [0.5, 0.6) is 0 Å². The molecule has 0 amide bonds. The summed E-state index contributed by atoms with van der Waals surface area (Å²) in [6.45, 7) is 6.74. The zero-order chi connectivity index (χ0) is 18.8. The van der Waals surface area contributed by atoms with Crippen molar-refractivity contribution in [2.24, 2.45) is 0 Å². The van der Waals surface area contributed by atoms with Gasteiger partial charge in [0.2, 0.25) is 0 Å². The monoisotopic (exact) mass is 384 g/mol. The Bertz CT molecular complexity index is 887. The number of thiazole rings is 1. The highest BCUT2D eigenvalue weighted by Crippen LogP contribution is 2.32. The lowest BCUT2D eigenvalue weighted by Crippen LogP contribution is -2.34. The maximum atomic E-state index is 9.78. The van der Waals surface area contributed by atoms with E-state index in [1.54, 1.807) is 11.3 Å². The summed E-state index contributed by atoms with van der Waals surface area (Å²) in [5.41, 5.74) is 4.38. The first-order chi connectivity index (χ1) is 13.2. The number of rotatable bonds is 5. The third-order valence-electron chi connectivity index (χ3n) is 5.21. The molecule has 4 rings (SSSR count). The third-order valence-corrected chi connectivity index (χ3v) is 5.97. The molecule has 3 aromatic rings. The van der Waals surface area contributed by atoms with Crippen molar-refractivity contribution in [2.45, 2.75) is 45.8 Å². The van der Waals surface area contributed by atoms with E-state index in [9.17, 15) is 5.11 Å². The van der Waals surface area contributed by atoms with E-state index in [0.717, 1.165) is 71.5 Å². The van der Waals surface area contributed by atoms with Crippen LogP contribution in [0.2, 0.25) is 0 Å². The van der Waals surface area contributed by atoms with Gasteiger partial charge in [0.15, 0.2) is 0 Å². The summed E-state index contributed by atoms with van der Waals surface area (Å²) in [6.07, 6.45) is 4.15. The Morgan fingerprint density at radius 1 is 1.33 bits per heavy atom.